The Morgan fingerprint density at radius 2 is 1.31 bits per heavy atom. The summed E-state index contributed by atoms with van der Waals surface area (Å²) < 4.78 is 0. The van der Waals surface area contributed by atoms with Gasteiger partial charge in [0, 0.05) is 23.8 Å². The second-order valence-corrected chi connectivity index (χ2v) is 8.67. The molecule has 3 rings (SSSR count). The van der Waals surface area contributed by atoms with E-state index in [1.807, 2.05) is 0 Å². The highest BCUT2D eigenvalue weighted by Gasteiger charge is 2.15. The number of hydrogen-bond acceptors (Lipinski definition) is 2. The van der Waals surface area contributed by atoms with Crippen molar-refractivity contribution in [2.45, 2.75) is 76.7 Å². The van der Waals surface area contributed by atoms with Crippen molar-refractivity contribution in [1.82, 2.24) is 5.32 Å². The maximum atomic E-state index is 5.55. The van der Waals surface area contributed by atoms with Crippen molar-refractivity contribution in [2.75, 3.05) is 10.6 Å². The van der Waals surface area contributed by atoms with Gasteiger partial charge in [-0.25, -0.2) is 0 Å². The van der Waals surface area contributed by atoms with Gasteiger partial charge in [0.25, 0.3) is 0 Å². The van der Waals surface area contributed by atoms with Gasteiger partial charge in [0.05, 0.1) is 4.99 Å². The van der Waals surface area contributed by atoms with E-state index in [-0.39, 0.29) is 0 Å². The Labute approximate surface area is 168 Å². The molecule has 0 aromatic heterocycles. The van der Waals surface area contributed by atoms with Crippen molar-refractivity contribution in [1.29, 1.82) is 0 Å². The fraction of sp³-hybridized carbons (Fsp3) is 0.619. The second-order valence-electron chi connectivity index (χ2n) is 7.77. The van der Waals surface area contributed by atoms with Crippen LogP contribution >= 0.6 is 24.4 Å². The minimum atomic E-state index is 0.529. The first-order valence-electron chi connectivity index (χ1n) is 10.2. The molecule has 1 aromatic carbocycles. The van der Waals surface area contributed by atoms with Gasteiger partial charge in [-0.1, -0.05) is 63.6 Å². The third kappa shape index (κ3) is 6.51. The highest BCUT2D eigenvalue weighted by molar-refractivity contribution is 7.80. The average Bonchev–Trinajstić information content (AvgIpc) is 2.65. The van der Waals surface area contributed by atoms with Gasteiger partial charge in [0.15, 0.2) is 5.11 Å². The molecule has 2 aliphatic rings. The first kappa shape index (κ1) is 19.6. The average molecular weight is 390 g/mol. The van der Waals surface area contributed by atoms with Crippen LogP contribution in [0, 0.1) is 5.92 Å². The van der Waals surface area contributed by atoms with Gasteiger partial charge in [0.2, 0.25) is 0 Å². The fourth-order valence-corrected chi connectivity index (χ4v) is 4.74. The Bertz CT molecular complexity index is 535. The molecule has 1 aromatic rings. The Morgan fingerprint density at radius 1 is 0.769 bits per heavy atom. The van der Waals surface area contributed by atoms with Crippen LogP contribution in [-0.2, 0) is 0 Å². The normalized spacial score (nSPS) is 18.9. The van der Waals surface area contributed by atoms with Crippen LogP contribution in [0.1, 0.15) is 70.6 Å². The van der Waals surface area contributed by atoms with Crippen molar-refractivity contribution < 1.29 is 0 Å². The molecule has 0 bridgehead atoms. The van der Waals surface area contributed by atoms with E-state index >= 15 is 0 Å². The first-order valence-corrected chi connectivity index (χ1v) is 11.0. The van der Waals surface area contributed by atoms with E-state index in [4.69, 9.17) is 24.4 Å². The van der Waals surface area contributed by atoms with Gasteiger partial charge in [-0.05, 0) is 55.2 Å². The van der Waals surface area contributed by atoms with E-state index in [1.54, 1.807) is 0 Å². The highest BCUT2D eigenvalue weighted by atomic mass is 32.1. The van der Waals surface area contributed by atoms with E-state index in [0.29, 0.717) is 6.04 Å². The third-order valence-electron chi connectivity index (χ3n) is 5.57. The van der Waals surface area contributed by atoms with E-state index in [0.717, 1.165) is 33.8 Å². The molecule has 0 aliphatic heterocycles. The first-order chi connectivity index (χ1) is 12.7. The molecular weight excluding hydrogens is 358 g/mol. The van der Waals surface area contributed by atoms with E-state index < -0.39 is 0 Å². The summed E-state index contributed by atoms with van der Waals surface area (Å²) in [5, 5.41) is 10.9. The molecule has 0 atom stereocenters. The Balaban J connectivity index is 1.42. The molecule has 3 N–H and O–H groups in total. The summed E-state index contributed by atoms with van der Waals surface area (Å²) >= 11 is 11.0. The molecule has 0 amide bonds. The molecule has 5 heteroatoms. The zero-order valence-corrected chi connectivity index (χ0v) is 17.2. The van der Waals surface area contributed by atoms with Crippen LogP contribution < -0.4 is 16.0 Å². The van der Waals surface area contributed by atoms with E-state index in [2.05, 4.69) is 40.2 Å². The molecule has 26 heavy (non-hydrogen) atoms. The summed E-state index contributed by atoms with van der Waals surface area (Å²) in [6, 6.07) is 8.78. The Kier molecular flexibility index (Phi) is 7.69. The van der Waals surface area contributed by atoms with Crippen molar-refractivity contribution >= 4 is 45.9 Å². The summed E-state index contributed by atoms with van der Waals surface area (Å²) in [6.45, 7) is 0. The number of benzene rings is 1. The molecule has 0 unspecified atom stereocenters. The van der Waals surface area contributed by atoms with Crippen LogP contribution in [0.15, 0.2) is 24.3 Å². The summed E-state index contributed by atoms with van der Waals surface area (Å²) in [6.07, 6.45) is 14.2. The zero-order valence-electron chi connectivity index (χ0n) is 15.6. The Morgan fingerprint density at radius 3 is 1.92 bits per heavy atom. The smallest absolute Gasteiger partial charge is 0.170 e. The van der Waals surface area contributed by atoms with Crippen LogP contribution in [0.5, 0.6) is 0 Å². The lowest BCUT2D eigenvalue weighted by molar-refractivity contribution is 0.369. The molecule has 0 saturated heterocycles. The predicted molar refractivity (Wildman–Crippen MR) is 120 cm³/mol. The van der Waals surface area contributed by atoms with Crippen molar-refractivity contribution in [3.8, 4) is 0 Å². The quantitative estimate of drug-likeness (QED) is 0.537. The fourth-order valence-electron chi connectivity index (χ4n) is 4.10. The highest BCUT2D eigenvalue weighted by Crippen LogP contribution is 2.27. The lowest BCUT2D eigenvalue weighted by atomic mass is 9.87. The van der Waals surface area contributed by atoms with Crippen LogP contribution in [0.2, 0.25) is 0 Å². The summed E-state index contributed by atoms with van der Waals surface area (Å²) in [7, 11) is 0. The summed E-state index contributed by atoms with van der Waals surface area (Å²) in [5.41, 5.74) is 2.07. The summed E-state index contributed by atoms with van der Waals surface area (Å²) in [4.78, 5) is 0.965. The minimum absolute atomic E-state index is 0.529. The zero-order chi connectivity index (χ0) is 18.2. The van der Waals surface area contributed by atoms with Gasteiger partial charge in [-0.3, -0.25) is 0 Å². The number of thiocarbonyl (C=S) groups is 2. The SMILES string of the molecule is S=C(CC1CCCCC1)Nc1ccc(NC(=S)NC2CCCCC2)cc1. The minimum Gasteiger partial charge on any atom is -0.360 e. The molecule has 2 aliphatic carbocycles. The maximum absolute atomic E-state index is 5.55. The molecule has 2 saturated carbocycles. The molecule has 142 valence electrons. The lowest BCUT2D eigenvalue weighted by Gasteiger charge is -2.24. The van der Waals surface area contributed by atoms with Crippen molar-refractivity contribution in [2.24, 2.45) is 5.92 Å². The van der Waals surface area contributed by atoms with Crippen LogP contribution in [0.3, 0.4) is 0 Å². The van der Waals surface area contributed by atoms with Gasteiger partial charge in [-0.2, -0.15) is 0 Å². The van der Waals surface area contributed by atoms with Crippen LogP contribution in [0.4, 0.5) is 11.4 Å². The van der Waals surface area contributed by atoms with Crippen LogP contribution in [-0.4, -0.2) is 16.1 Å². The van der Waals surface area contributed by atoms with Gasteiger partial charge < -0.3 is 16.0 Å². The number of rotatable bonds is 5. The maximum Gasteiger partial charge on any atom is 0.170 e. The lowest BCUT2D eigenvalue weighted by Crippen LogP contribution is -2.38. The molecule has 2 fully saturated rings. The largest absolute Gasteiger partial charge is 0.360 e. The number of hydrogen-bond donors (Lipinski definition) is 3. The van der Waals surface area contributed by atoms with Gasteiger partial charge in [0.1, 0.15) is 0 Å². The van der Waals surface area contributed by atoms with Crippen LogP contribution in [0.25, 0.3) is 0 Å². The standard InChI is InChI=1S/C21H31N3S2/c25-20(15-16-7-3-1-4-8-16)22-18-11-13-19(14-12-18)24-21(26)23-17-9-5-2-6-10-17/h11-14,16-17H,1-10,15H2,(H,22,25)(H2,23,24,26). The molecular formula is C21H31N3S2. The van der Waals surface area contributed by atoms with Crippen molar-refractivity contribution in [3.63, 3.8) is 0 Å². The molecule has 3 nitrogen and oxygen atoms in total. The topological polar surface area (TPSA) is 36.1 Å². The Hall–Kier alpha value is -1.20. The predicted octanol–water partition coefficient (Wildman–Crippen LogP) is 6.02. The van der Waals surface area contributed by atoms with Crippen molar-refractivity contribution in [3.05, 3.63) is 24.3 Å². The van der Waals surface area contributed by atoms with Gasteiger partial charge in [-0.15, -0.1) is 0 Å². The van der Waals surface area contributed by atoms with E-state index in [9.17, 15) is 0 Å². The molecule has 0 spiro atoms. The molecule has 0 heterocycles. The van der Waals surface area contributed by atoms with E-state index in [1.165, 1.54) is 64.2 Å². The second kappa shape index (κ2) is 10.2. The monoisotopic (exact) mass is 389 g/mol. The number of anilines is 2. The number of nitrogens with one attached hydrogen (secondary N) is 3. The molecule has 0 radical (unpaired) electrons. The van der Waals surface area contributed by atoms with Gasteiger partial charge >= 0.3 is 0 Å². The third-order valence-corrected chi connectivity index (χ3v) is 6.05. The summed E-state index contributed by atoms with van der Waals surface area (Å²) in [5.74, 6) is 0.771.